The molecule has 0 saturated carbocycles. The zero-order chi connectivity index (χ0) is 28.5. The topological polar surface area (TPSA) is 104 Å². The van der Waals surface area contributed by atoms with E-state index in [0.29, 0.717) is 34.4 Å². The number of unbranched alkanes of at least 4 members (excludes halogenated alkanes) is 1. The smallest absolute Gasteiger partial charge is 0.255 e. The van der Waals surface area contributed by atoms with Crippen molar-refractivity contribution in [3.63, 3.8) is 0 Å². The minimum atomic E-state index is -0.727. The Morgan fingerprint density at radius 1 is 0.725 bits per heavy atom. The van der Waals surface area contributed by atoms with Crippen molar-refractivity contribution in [2.24, 2.45) is 0 Å². The van der Waals surface area contributed by atoms with Crippen molar-refractivity contribution < 1.29 is 19.2 Å². The molecule has 4 aromatic rings. The number of carbonyl (C=O) groups excluding carboxylic acids is 4. The molecular weight excluding hydrogens is 502 g/mol. The number of fused-ring (bicyclic) bond motifs is 1. The Balaban J connectivity index is 1.39. The third-order valence-electron chi connectivity index (χ3n) is 6.74. The van der Waals surface area contributed by atoms with Gasteiger partial charge < -0.3 is 16.0 Å². The van der Waals surface area contributed by atoms with Crippen LogP contribution in [0.3, 0.4) is 0 Å². The van der Waals surface area contributed by atoms with E-state index in [1.807, 2.05) is 49.4 Å². The molecule has 4 aromatic carbocycles. The molecule has 0 bridgehead atoms. The second-order valence-electron chi connectivity index (χ2n) is 9.73. The largest absolute Gasteiger partial charge is 0.345 e. The van der Waals surface area contributed by atoms with E-state index >= 15 is 0 Å². The molecule has 204 valence electrons. The standard InChI is InChI=1S/C33H33N3O4/c1-3-4-14-29(30(37)21-34-31(38)24-11-6-5-7-12-24)36-33(40)28-18-17-27(19-22(28)2)35-32(39)26-16-15-23-10-8-9-13-25(23)20-26/h5-13,15-20,29H,3-4,14,21H2,1-2H3,(H,34,38)(H,35,39)(H,36,40). The van der Waals surface area contributed by atoms with Crippen molar-refractivity contribution in [2.45, 2.75) is 39.2 Å². The molecule has 0 aliphatic carbocycles. The number of Topliss-reactive ketones (excluding diaryl/α,β-unsaturated/α-hetero) is 1. The van der Waals surface area contributed by atoms with E-state index in [2.05, 4.69) is 16.0 Å². The van der Waals surface area contributed by atoms with Crippen LogP contribution in [-0.2, 0) is 4.79 Å². The first kappa shape index (κ1) is 28.2. The van der Waals surface area contributed by atoms with Gasteiger partial charge in [-0.1, -0.05) is 68.3 Å². The highest BCUT2D eigenvalue weighted by molar-refractivity contribution is 6.07. The average Bonchev–Trinajstić information content (AvgIpc) is 2.97. The van der Waals surface area contributed by atoms with Crippen LogP contribution in [-0.4, -0.2) is 36.1 Å². The molecule has 0 aliphatic rings. The fraction of sp³-hybridized carbons (Fsp3) is 0.212. The molecule has 7 nitrogen and oxygen atoms in total. The van der Waals surface area contributed by atoms with Crippen molar-refractivity contribution >= 4 is 40.0 Å². The number of anilines is 1. The van der Waals surface area contributed by atoms with Gasteiger partial charge in [-0.25, -0.2) is 0 Å². The van der Waals surface area contributed by atoms with Crippen molar-refractivity contribution in [2.75, 3.05) is 11.9 Å². The van der Waals surface area contributed by atoms with Gasteiger partial charge in [0, 0.05) is 22.4 Å². The maximum absolute atomic E-state index is 13.1. The van der Waals surface area contributed by atoms with Gasteiger partial charge >= 0.3 is 0 Å². The van der Waals surface area contributed by atoms with Crippen LogP contribution < -0.4 is 16.0 Å². The molecule has 1 atom stereocenters. The zero-order valence-electron chi connectivity index (χ0n) is 22.7. The normalized spacial score (nSPS) is 11.4. The second kappa shape index (κ2) is 13.3. The number of amides is 3. The molecule has 3 N–H and O–H groups in total. The lowest BCUT2D eigenvalue weighted by atomic mass is 10.0. The van der Waals surface area contributed by atoms with Crippen LogP contribution in [0.2, 0.25) is 0 Å². The van der Waals surface area contributed by atoms with Crippen LogP contribution in [0.4, 0.5) is 5.69 Å². The first-order valence-electron chi connectivity index (χ1n) is 13.4. The molecule has 0 heterocycles. The molecule has 3 amide bonds. The van der Waals surface area contributed by atoms with Crippen molar-refractivity contribution in [1.82, 2.24) is 10.6 Å². The molecule has 0 aromatic heterocycles. The Kier molecular flexibility index (Phi) is 9.41. The van der Waals surface area contributed by atoms with Crippen molar-refractivity contribution in [3.8, 4) is 0 Å². The number of benzene rings is 4. The van der Waals surface area contributed by atoms with Gasteiger partial charge in [0.05, 0.1) is 12.6 Å². The minimum Gasteiger partial charge on any atom is -0.345 e. The number of rotatable bonds is 11. The van der Waals surface area contributed by atoms with Gasteiger partial charge in [-0.05, 0) is 72.1 Å². The maximum atomic E-state index is 13.1. The Labute approximate surface area is 234 Å². The van der Waals surface area contributed by atoms with Gasteiger partial charge in [0.1, 0.15) is 0 Å². The quantitative estimate of drug-likeness (QED) is 0.230. The summed E-state index contributed by atoms with van der Waals surface area (Å²) in [7, 11) is 0. The van der Waals surface area contributed by atoms with E-state index < -0.39 is 6.04 Å². The third-order valence-corrected chi connectivity index (χ3v) is 6.74. The second-order valence-corrected chi connectivity index (χ2v) is 9.73. The summed E-state index contributed by atoms with van der Waals surface area (Å²) in [4.78, 5) is 51.3. The predicted molar refractivity (Wildman–Crippen MR) is 158 cm³/mol. The number of hydrogen-bond donors (Lipinski definition) is 3. The van der Waals surface area contributed by atoms with Gasteiger partial charge in [0.15, 0.2) is 5.78 Å². The summed E-state index contributed by atoms with van der Waals surface area (Å²) in [5.41, 5.74) is 2.64. The van der Waals surface area contributed by atoms with Crippen LogP contribution in [0, 0.1) is 6.92 Å². The molecular formula is C33H33N3O4. The summed E-state index contributed by atoms with van der Waals surface area (Å²) in [6, 6.07) is 26.3. The summed E-state index contributed by atoms with van der Waals surface area (Å²) >= 11 is 0. The molecule has 4 rings (SSSR count). The van der Waals surface area contributed by atoms with Gasteiger partial charge in [0.2, 0.25) is 0 Å². The number of aryl methyl sites for hydroxylation is 1. The minimum absolute atomic E-state index is 0.179. The molecule has 40 heavy (non-hydrogen) atoms. The highest BCUT2D eigenvalue weighted by atomic mass is 16.2. The summed E-state index contributed by atoms with van der Waals surface area (Å²) in [6.45, 7) is 3.61. The van der Waals surface area contributed by atoms with Crippen LogP contribution >= 0.6 is 0 Å². The van der Waals surface area contributed by atoms with Gasteiger partial charge in [-0.15, -0.1) is 0 Å². The van der Waals surface area contributed by atoms with Crippen LogP contribution in [0.1, 0.15) is 62.8 Å². The van der Waals surface area contributed by atoms with E-state index in [1.165, 1.54) is 0 Å². The van der Waals surface area contributed by atoms with Crippen LogP contribution in [0.15, 0.2) is 91.0 Å². The first-order chi connectivity index (χ1) is 19.4. The summed E-state index contributed by atoms with van der Waals surface area (Å²) < 4.78 is 0. The monoisotopic (exact) mass is 535 g/mol. The lowest BCUT2D eigenvalue weighted by molar-refractivity contribution is -0.120. The summed E-state index contributed by atoms with van der Waals surface area (Å²) in [6.07, 6.45) is 2.09. The lowest BCUT2D eigenvalue weighted by Gasteiger charge is -2.19. The predicted octanol–water partition coefficient (Wildman–Crippen LogP) is 5.69. The number of hydrogen-bond acceptors (Lipinski definition) is 4. The highest BCUT2D eigenvalue weighted by Gasteiger charge is 2.22. The molecule has 0 aliphatic heterocycles. The SMILES string of the molecule is CCCCC(NC(=O)c1ccc(NC(=O)c2ccc3ccccc3c2)cc1C)C(=O)CNC(=O)c1ccccc1. The van der Waals surface area contributed by atoms with E-state index in [-0.39, 0.29) is 30.0 Å². The Bertz CT molecular complexity index is 1530. The van der Waals surface area contributed by atoms with E-state index in [0.717, 1.165) is 23.6 Å². The summed E-state index contributed by atoms with van der Waals surface area (Å²) in [5.74, 6) is -1.23. The molecule has 0 spiro atoms. The summed E-state index contributed by atoms with van der Waals surface area (Å²) in [5, 5.41) is 10.4. The maximum Gasteiger partial charge on any atom is 0.255 e. The number of carbonyl (C=O) groups is 4. The van der Waals surface area contributed by atoms with E-state index in [4.69, 9.17) is 0 Å². The Morgan fingerprint density at radius 2 is 1.45 bits per heavy atom. The van der Waals surface area contributed by atoms with Gasteiger partial charge in [-0.3, -0.25) is 19.2 Å². The lowest BCUT2D eigenvalue weighted by Crippen LogP contribution is -2.45. The van der Waals surface area contributed by atoms with Gasteiger partial charge in [0.25, 0.3) is 17.7 Å². The van der Waals surface area contributed by atoms with E-state index in [1.54, 1.807) is 55.5 Å². The van der Waals surface area contributed by atoms with Crippen LogP contribution in [0.5, 0.6) is 0 Å². The Morgan fingerprint density at radius 3 is 2.17 bits per heavy atom. The fourth-order valence-electron chi connectivity index (χ4n) is 4.47. The third kappa shape index (κ3) is 7.20. The highest BCUT2D eigenvalue weighted by Crippen LogP contribution is 2.19. The van der Waals surface area contributed by atoms with Crippen molar-refractivity contribution in [1.29, 1.82) is 0 Å². The molecule has 1 unspecified atom stereocenters. The zero-order valence-corrected chi connectivity index (χ0v) is 22.7. The average molecular weight is 536 g/mol. The first-order valence-corrected chi connectivity index (χ1v) is 13.4. The fourth-order valence-corrected chi connectivity index (χ4v) is 4.47. The molecule has 0 saturated heterocycles. The molecule has 0 radical (unpaired) electrons. The number of ketones is 1. The Hall–Kier alpha value is -4.78. The van der Waals surface area contributed by atoms with Crippen LogP contribution in [0.25, 0.3) is 10.8 Å². The molecule has 7 heteroatoms. The molecule has 0 fully saturated rings. The van der Waals surface area contributed by atoms with E-state index in [9.17, 15) is 19.2 Å². The van der Waals surface area contributed by atoms with Crippen molar-refractivity contribution in [3.05, 3.63) is 113 Å². The van der Waals surface area contributed by atoms with Gasteiger partial charge in [-0.2, -0.15) is 0 Å². The number of nitrogens with one attached hydrogen (secondary N) is 3.